The number of hydrogen-bond donors (Lipinski definition) is 1. The number of fused-ring (bicyclic) bond motifs is 1. The van der Waals surface area contributed by atoms with Crippen LogP contribution >= 0.6 is 0 Å². The van der Waals surface area contributed by atoms with Crippen LogP contribution in [0.3, 0.4) is 0 Å². The van der Waals surface area contributed by atoms with Crippen molar-refractivity contribution < 1.29 is 37.7 Å². The van der Waals surface area contributed by atoms with Crippen LogP contribution in [-0.4, -0.2) is 63.4 Å². The zero-order valence-corrected chi connectivity index (χ0v) is 23.8. The van der Waals surface area contributed by atoms with Gasteiger partial charge in [0.15, 0.2) is 23.1 Å². The summed E-state index contributed by atoms with van der Waals surface area (Å²) in [4.78, 5) is 35.9. The molecule has 2 aromatic heterocycles. The summed E-state index contributed by atoms with van der Waals surface area (Å²) in [6.07, 6.45) is 9.64. The van der Waals surface area contributed by atoms with E-state index in [9.17, 15) is 14.0 Å². The highest BCUT2D eigenvalue weighted by molar-refractivity contribution is 5.81. The van der Waals surface area contributed by atoms with E-state index in [2.05, 4.69) is 41.3 Å². The van der Waals surface area contributed by atoms with Gasteiger partial charge in [-0.3, -0.25) is 4.57 Å². The Kier molecular flexibility index (Phi) is 10.9. The van der Waals surface area contributed by atoms with Gasteiger partial charge in [0.25, 0.3) is 0 Å². The van der Waals surface area contributed by atoms with Gasteiger partial charge in [0.2, 0.25) is 5.60 Å². The lowest BCUT2D eigenvalue weighted by molar-refractivity contribution is -0.105. The number of allylic oxidation sites excluding steroid dienone is 1. The van der Waals surface area contributed by atoms with Crippen LogP contribution < -0.4 is 5.73 Å². The molecule has 3 atom stereocenters. The maximum Gasteiger partial charge on any atom is 0.508 e. The summed E-state index contributed by atoms with van der Waals surface area (Å²) < 4.78 is 42.3. The van der Waals surface area contributed by atoms with Crippen molar-refractivity contribution in [3.63, 3.8) is 0 Å². The number of carbonyl (C=O) groups excluding carboxylic acids is 2. The monoisotopic (exact) mass is 575 g/mol. The predicted molar refractivity (Wildman–Crippen MR) is 147 cm³/mol. The molecule has 0 amide bonds. The van der Waals surface area contributed by atoms with Crippen molar-refractivity contribution in [2.75, 3.05) is 25.6 Å². The molecule has 3 rings (SSSR count). The molecule has 0 aliphatic carbocycles. The van der Waals surface area contributed by atoms with Gasteiger partial charge in [-0.2, -0.15) is 14.4 Å². The van der Waals surface area contributed by atoms with Gasteiger partial charge in [-0.1, -0.05) is 38.7 Å². The molecule has 0 aromatic carbocycles. The van der Waals surface area contributed by atoms with Gasteiger partial charge in [0, 0.05) is 6.42 Å². The Morgan fingerprint density at radius 3 is 2.68 bits per heavy atom. The normalized spacial score (nSPS) is 20.4. The van der Waals surface area contributed by atoms with Crippen molar-refractivity contribution in [3.8, 4) is 12.3 Å². The van der Waals surface area contributed by atoms with Gasteiger partial charge >= 0.3 is 18.4 Å². The number of carbonyl (C=O) groups is 2. The summed E-state index contributed by atoms with van der Waals surface area (Å²) in [5.74, 6) is 2.29. The van der Waals surface area contributed by atoms with Crippen molar-refractivity contribution in [2.45, 2.75) is 83.6 Å². The number of halogens is 1. The van der Waals surface area contributed by atoms with Crippen LogP contribution in [0.1, 0.15) is 71.9 Å². The Labute approximate surface area is 238 Å². The quantitative estimate of drug-likeness (QED) is 0.106. The molecule has 13 heteroatoms. The summed E-state index contributed by atoms with van der Waals surface area (Å²) in [6, 6.07) is 0. The van der Waals surface area contributed by atoms with E-state index >= 15 is 0 Å². The second-order valence-corrected chi connectivity index (χ2v) is 9.88. The molecule has 1 saturated heterocycles. The minimum atomic E-state index is -1.71. The smallest absolute Gasteiger partial charge is 0.435 e. The van der Waals surface area contributed by atoms with Crippen LogP contribution in [0.2, 0.25) is 0 Å². The molecule has 1 aliphatic rings. The first-order valence-electron chi connectivity index (χ1n) is 13.7. The molecule has 41 heavy (non-hydrogen) atoms. The van der Waals surface area contributed by atoms with Gasteiger partial charge in [-0.15, -0.1) is 13.0 Å². The molecular weight excluding hydrogens is 537 g/mol. The number of nitrogens with two attached hydrogens (primary N) is 1. The van der Waals surface area contributed by atoms with Gasteiger partial charge in [-0.05, 0) is 38.0 Å². The van der Waals surface area contributed by atoms with Gasteiger partial charge < -0.3 is 29.4 Å². The van der Waals surface area contributed by atoms with E-state index in [0.717, 1.165) is 32.1 Å². The minimum absolute atomic E-state index is 0.0142. The molecule has 1 aliphatic heterocycles. The van der Waals surface area contributed by atoms with E-state index in [-0.39, 0.29) is 42.0 Å². The lowest BCUT2D eigenvalue weighted by Crippen LogP contribution is -2.45. The first-order chi connectivity index (χ1) is 19.7. The number of nitrogens with zero attached hydrogens (tertiary/aromatic N) is 4. The van der Waals surface area contributed by atoms with E-state index in [1.807, 2.05) is 6.08 Å². The third-order valence-corrected chi connectivity index (χ3v) is 7.56. The highest BCUT2D eigenvalue weighted by atomic mass is 19.1. The molecule has 2 aromatic rings. The molecule has 0 unspecified atom stereocenters. The number of unbranched alkanes of at least 4 members (excludes halogenated alkanes) is 1. The Morgan fingerprint density at radius 1 is 1.27 bits per heavy atom. The van der Waals surface area contributed by atoms with E-state index < -0.39 is 42.9 Å². The van der Waals surface area contributed by atoms with Crippen LogP contribution in [0.25, 0.3) is 11.2 Å². The average Bonchev–Trinajstić information content (AvgIpc) is 3.53. The summed E-state index contributed by atoms with van der Waals surface area (Å²) in [7, 11) is 0. The van der Waals surface area contributed by atoms with Crippen molar-refractivity contribution in [1.29, 1.82) is 0 Å². The average molecular weight is 576 g/mol. The molecular formula is C28H38FN5O7. The molecule has 0 saturated carbocycles. The molecule has 0 radical (unpaired) electrons. The molecule has 0 spiro atoms. The van der Waals surface area contributed by atoms with Crippen LogP contribution in [0.15, 0.2) is 19.0 Å². The molecule has 224 valence electrons. The van der Waals surface area contributed by atoms with Crippen LogP contribution in [0.4, 0.5) is 19.8 Å². The molecule has 1 fully saturated rings. The number of imidazole rings is 1. The summed E-state index contributed by atoms with van der Waals surface area (Å²) in [5, 5.41) is 0. The Bertz CT molecular complexity index is 1260. The number of hydrogen-bond acceptors (Lipinski definition) is 11. The topological polar surface area (TPSA) is 150 Å². The number of nitrogen functional groups attached to an aromatic ring is 1. The zero-order chi connectivity index (χ0) is 30.0. The third-order valence-electron chi connectivity index (χ3n) is 7.56. The van der Waals surface area contributed by atoms with Crippen LogP contribution in [0, 0.1) is 23.8 Å². The second kappa shape index (κ2) is 14.1. The summed E-state index contributed by atoms with van der Waals surface area (Å²) in [6.45, 7) is 9.57. The number of terminal acetylenes is 1. The fourth-order valence-electron chi connectivity index (χ4n) is 5.00. The highest BCUT2D eigenvalue weighted by Gasteiger charge is 2.53. The van der Waals surface area contributed by atoms with Gasteiger partial charge in [0.05, 0.1) is 19.5 Å². The van der Waals surface area contributed by atoms with Crippen molar-refractivity contribution in [1.82, 2.24) is 19.5 Å². The Morgan fingerprint density at radius 2 is 2.02 bits per heavy atom. The zero-order valence-electron chi connectivity index (χ0n) is 23.8. The molecule has 0 bridgehead atoms. The van der Waals surface area contributed by atoms with Crippen LogP contribution in [0.5, 0.6) is 0 Å². The SMILES string of the molecule is C#C[C@]1(COC(=O)OCCCCC(CC)(CC)CC=C)O[C@@H](n2cnc3c(N)nc(F)nc32)C[C@@H]1OC(=O)OCC. The number of anilines is 1. The summed E-state index contributed by atoms with van der Waals surface area (Å²) >= 11 is 0. The van der Waals surface area contributed by atoms with Gasteiger partial charge in [-0.25, -0.2) is 14.6 Å². The second-order valence-electron chi connectivity index (χ2n) is 9.88. The fraction of sp³-hybridized carbons (Fsp3) is 0.607. The van der Waals surface area contributed by atoms with E-state index in [4.69, 9.17) is 35.8 Å². The van der Waals surface area contributed by atoms with Crippen molar-refractivity contribution in [3.05, 3.63) is 25.1 Å². The standard InChI is InChI=1S/C28H38FN5O7/c1-6-13-27(7-2,8-3)14-11-12-15-38-25(35)39-17-28(9-4)19(40-26(36)37-10-5)16-20(41-28)34-18-31-21-22(30)32-24(29)33-23(21)34/h4,6,18-20H,1,7-8,10-17H2,2-3,5H3,(H2,30,32,33)/t19-,20+,28+/m0/s1. The summed E-state index contributed by atoms with van der Waals surface area (Å²) in [5.41, 5.74) is 4.45. The molecule has 3 heterocycles. The highest BCUT2D eigenvalue weighted by Crippen LogP contribution is 2.40. The Balaban J connectivity index is 1.66. The number of aromatic nitrogens is 4. The lowest BCUT2D eigenvalue weighted by atomic mass is 9.75. The fourth-order valence-corrected chi connectivity index (χ4v) is 5.00. The maximum absolute atomic E-state index is 13.9. The molecule has 12 nitrogen and oxygen atoms in total. The predicted octanol–water partition coefficient (Wildman–Crippen LogP) is 5.09. The molecule has 2 N–H and O–H groups in total. The number of rotatable bonds is 14. The van der Waals surface area contributed by atoms with Crippen molar-refractivity contribution >= 4 is 29.3 Å². The first kappa shape index (κ1) is 31.6. The van der Waals surface area contributed by atoms with Crippen LogP contribution in [-0.2, 0) is 23.7 Å². The van der Waals surface area contributed by atoms with E-state index in [0.29, 0.717) is 6.42 Å². The maximum atomic E-state index is 13.9. The lowest BCUT2D eigenvalue weighted by Gasteiger charge is -2.30. The largest absolute Gasteiger partial charge is 0.508 e. The Hall–Kier alpha value is -3.92. The van der Waals surface area contributed by atoms with Crippen molar-refractivity contribution in [2.24, 2.45) is 5.41 Å². The van der Waals surface area contributed by atoms with Gasteiger partial charge in [0.1, 0.15) is 12.8 Å². The van der Waals surface area contributed by atoms with E-state index in [1.165, 1.54) is 10.9 Å². The minimum Gasteiger partial charge on any atom is -0.435 e. The number of ether oxygens (including phenoxy) is 5. The first-order valence-corrected chi connectivity index (χ1v) is 13.7. The third kappa shape index (κ3) is 7.43. The van der Waals surface area contributed by atoms with E-state index in [1.54, 1.807) is 6.92 Å².